The molecule has 2 nitrogen and oxygen atoms in total. The van der Waals surface area contributed by atoms with Gasteiger partial charge in [0, 0.05) is 12.4 Å². The SMILES string of the molecule is CC=CN(C=CC)C(=O)C(Cl)Cl. The van der Waals surface area contributed by atoms with Gasteiger partial charge in [0.2, 0.25) is 0 Å². The van der Waals surface area contributed by atoms with Gasteiger partial charge in [0.25, 0.3) is 5.91 Å². The number of carbonyl (C=O) groups is 1. The van der Waals surface area contributed by atoms with Crippen LogP contribution in [0, 0.1) is 0 Å². The van der Waals surface area contributed by atoms with Gasteiger partial charge in [-0.25, -0.2) is 0 Å². The molecular formula is C8H11Cl2NO. The first-order chi connectivity index (χ1) is 5.63. The van der Waals surface area contributed by atoms with Gasteiger partial charge in [0.05, 0.1) is 0 Å². The monoisotopic (exact) mass is 207 g/mol. The van der Waals surface area contributed by atoms with E-state index in [1.807, 2.05) is 0 Å². The predicted octanol–water partition coefficient (Wildman–Crippen LogP) is 2.69. The Hall–Kier alpha value is -0.470. The van der Waals surface area contributed by atoms with Crippen LogP contribution in [0.5, 0.6) is 0 Å². The summed E-state index contributed by atoms with van der Waals surface area (Å²) in [4.78, 5) is 11.5. The zero-order valence-corrected chi connectivity index (χ0v) is 8.51. The lowest BCUT2D eigenvalue weighted by atomic mass is 10.5. The van der Waals surface area contributed by atoms with Crippen molar-refractivity contribution in [3.8, 4) is 0 Å². The molecule has 0 spiro atoms. The van der Waals surface area contributed by atoms with Crippen LogP contribution in [0.25, 0.3) is 0 Å². The third-order valence-electron chi connectivity index (χ3n) is 1.06. The van der Waals surface area contributed by atoms with Crippen molar-refractivity contribution >= 4 is 29.1 Å². The fourth-order valence-corrected chi connectivity index (χ4v) is 0.856. The summed E-state index contributed by atoms with van der Waals surface area (Å²) in [7, 11) is 0. The Morgan fingerprint density at radius 2 is 1.67 bits per heavy atom. The van der Waals surface area contributed by atoms with Crippen LogP contribution in [0.15, 0.2) is 24.6 Å². The van der Waals surface area contributed by atoms with Gasteiger partial charge in [-0.15, -0.1) is 0 Å². The Morgan fingerprint density at radius 3 is 1.92 bits per heavy atom. The minimum absolute atomic E-state index is 0.352. The topological polar surface area (TPSA) is 20.3 Å². The van der Waals surface area contributed by atoms with Gasteiger partial charge >= 0.3 is 0 Å². The van der Waals surface area contributed by atoms with Crippen LogP contribution >= 0.6 is 23.2 Å². The first kappa shape index (κ1) is 11.5. The number of halogens is 2. The molecule has 0 atom stereocenters. The summed E-state index contributed by atoms with van der Waals surface area (Å²) in [5.74, 6) is -0.352. The Morgan fingerprint density at radius 1 is 1.25 bits per heavy atom. The lowest BCUT2D eigenvalue weighted by Gasteiger charge is -2.12. The summed E-state index contributed by atoms with van der Waals surface area (Å²) in [6.45, 7) is 3.61. The number of hydrogen-bond donors (Lipinski definition) is 0. The van der Waals surface area contributed by atoms with E-state index in [9.17, 15) is 4.79 Å². The second-order valence-electron chi connectivity index (χ2n) is 2.01. The molecule has 0 bridgehead atoms. The zero-order valence-electron chi connectivity index (χ0n) is 7.00. The van der Waals surface area contributed by atoms with E-state index in [0.717, 1.165) is 0 Å². The number of nitrogens with zero attached hydrogens (tertiary/aromatic N) is 1. The average molecular weight is 208 g/mol. The zero-order chi connectivity index (χ0) is 9.56. The molecule has 0 aliphatic rings. The van der Waals surface area contributed by atoms with Gasteiger partial charge in [0.15, 0.2) is 4.84 Å². The first-order valence-electron chi connectivity index (χ1n) is 3.49. The largest absolute Gasteiger partial charge is 0.293 e. The molecule has 0 N–H and O–H groups in total. The van der Waals surface area contributed by atoms with Crippen LogP contribution in [-0.4, -0.2) is 15.6 Å². The maximum atomic E-state index is 11.2. The minimum Gasteiger partial charge on any atom is -0.293 e. The molecule has 0 unspecified atom stereocenters. The van der Waals surface area contributed by atoms with Gasteiger partial charge in [-0.05, 0) is 13.8 Å². The quantitative estimate of drug-likeness (QED) is 0.653. The first-order valence-corrected chi connectivity index (χ1v) is 4.36. The van der Waals surface area contributed by atoms with Crippen molar-refractivity contribution in [2.24, 2.45) is 0 Å². The molecule has 0 radical (unpaired) electrons. The molecule has 0 saturated carbocycles. The van der Waals surface area contributed by atoms with Crippen molar-refractivity contribution in [1.82, 2.24) is 4.90 Å². The summed E-state index contributed by atoms with van der Waals surface area (Å²) in [5.41, 5.74) is 0. The fraction of sp³-hybridized carbons (Fsp3) is 0.375. The van der Waals surface area contributed by atoms with Gasteiger partial charge in [-0.3, -0.25) is 9.69 Å². The smallest absolute Gasteiger partial charge is 0.263 e. The number of hydrogen-bond acceptors (Lipinski definition) is 1. The second-order valence-corrected chi connectivity index (χ2v) is 3.11. The van der Waals surface area contributed by atoms with Crippen molar-refractivity contribution in [2.45, 2.75) is 18.7 Å². The van der Waals surface area contributed by atoms with E-state index >= 15 is 0 Å². The maximum Gasteiger partial charge on any atom is 0.263 e. The van der Waals surface area contributed by atoms with Crippen LogP contribution in [0.4, 0.5) is 0 Å². The highest BCUT2D eigenvalue weighted by Gasteiger charge is 2.15. The second kappa shape index (κ2) is 6.09. The molecular weight excluding hydrogens is 197 g/mol. The molecule has 1 amide bonds. The number of rotatable bonds is 3. The Bertz CT molecular complexity index is 187. The van der Waals surface area contributed by atoms with E-state index in [1.54, 1.807) is 38.4 Å². The van der Waals surface area contributed by atoms with Crippen molar-refractivity contribution in [1.29, 1.82) is 0 Å². The number of carbonyl (C=O) groups excluding carboxylic acids is 1. The van der Waals surface area contributed by atoms with Crippen LogP contribution in [-0.2, 0) is 4.79 Å². The molecule has 0 heterocycles. The molecule has 12 heavy (non-hydrogen) atoms. The Balaban J connectivity index is 4.40. The molecule has 0 aromatic heterocycles. The van der Waals surface area contributed by atoms with Crippen molar-refractivity contribution in [3.05, 3.63) is 24.6 Å². The lowest BCUT2D eigenvalue weighted by molar-refractivity contribution is -0.124. The lowest BCUT2D eigenvalue weighted by Crippen LogP contribution is -2.25. The van der Waals surface area contributed by atoms with Crippen LogP contribution in [0.1, 0.15) is 13.8 Å². The average Bonchev–Trinajstić information content (AvgIpc) is 2.03. The number of allylic oxidation sites excluding steroid dienone is 2. The molecule has 0 saturated heterocycles. The highest BCUT2D eigenvalue weighted by molar-refractivity contribution is 6.53. The molecule has 0 fully saturated rings. The van der Waals surface area contributed by atoms with E-state index in [0.29, 0.717) is 0 Å². The van der Waals surface area contributed by atoms with E-state index in [-0.39, 0.29) is 5.91 Å². The van der Waals surface area contributed by atoms with E-state index in [4.69, 9.17) is 23.2 Å². The summed E-state index contributed by atoms with van der Waals surface area (Å²) in [6.07, 6.45) is 6.66. The molecule has 0 rings (SSSR count). The van der Waals surface area contributed by atoms with Crippen LogP contribution in [0.2, 0.25) is 0 Å². The normalized spacial score (nSPS) is 11.8. The Labute approximate surface area is 82.4 Å². The summed E-state index contributed by atoms with van der Waals surface area (Å²) >= 11 is 10.8. The van der Waals surface area contributed by atoms with Gasteiger partial charge in [-0.1, -0.05) is 35.4 Å². The molecule has 0 aliphatic heterocycles. The fourth-order valence-electron chi connectivity index (χ4n) is 0.631. The third kappa shape index (κ3) is 3.79. The van der Waals surface area contributed by atoms with Crippen LogP contribution < -0.4 is 0 Å². The minimum atomic E-state index is -1.02. The van der Waals surface area contributed by atoms with Crippen molar-refractivity contribution < 1.29 is 4.79 Å². The molecule has 68 valence electrons. The molecule has 0 aromatic carbocycles. The Kier molecular flexibility index (Phi) is 5.85. The van der Waals surface area contributed by atoms with Gasteiger partial charge in [0.1, 0.15) is 0 Å². The number of alkyl halides is 2. The summed E-state index contributed by atoms with van der Waals surface area (Å²) in [5, 5.41) is 0. The highest BCUT2D eigenvalue weighted by atomic mass is 35.5. The summed E-state index contributed by atoms with van der Waals surface area (Å²) in [6, 6.07) is 0. The van der Waals surface area contributed by atoms with E-state index < -0.39 is 4.84 Å². The molecule has 0 aliphatic carbocycles. The van der Waals surface area contributed by atoms with Gasteiger partial charge in [-0.2, -0.15) is 0 Å². The standard InChI is InChI=1S/C8H11Cl2NO/c1-3-5-11(6-4-2)8(12)7(9)10/h3-7H,1-2H3. The van der Waals surface area contributed by atoms with Crippen LogP contribution in [0.3, 0.4) is 0 Å². The molecule has 0 aromatic rings. The predicted molar refractivity (Wildman–Crippen MR) is 52.0 cm³/mol. The highest BCUT2D eigenvalue weighted by Crippen LogP contribution is 2.07. The van der Waals surface area contributed by atoms with E-state index in [1.165, 1.54) is 4.90 Å². The van der Waals surface area contributed by atoms with E-state index in [2.05, 4.69) is 0 Å². The third-order valence-corrected chi connectivity index (χ3v) is 1.43. The molecule has 4 heteroatoms. The van der Waals surface area contributed by atoms with Crippen molar-refractivity contribution in [3.63, 3.8) is 0 Å². The van der Waals surface area contributed by atoms with Gasteiger partial charge < -0.3 is 0 Å². The maximum absolute atomic E-state index is 11.2. The summed E-state index contributed by atoms with van der Waals surface area (Å²) < 4.78 is 0. The number of amides is 1. The van der Waals surface area contributed by atoms with Crippen molar-refractivity contribution in [2.75, 3.05) is 0 Å².